The van der Waals surface area contributed by atoms with Crippen LogP contribution in [0.4, 0.5) is 5.69 Å². The second-order valence-corrected chi connectivity index (χ2v) is 6.75. The highest BCUT2D eigenvalue weighted by molar-refractivity contribution is 6.80. The summed E-state index contributed by atoms with van der Waals surface area (Å²) >= 11 is 4.61. The molecule has 0 aliphatic carbocycles. The van der Waals surface area contributed by atoms with Gasteiger partial charge in [-0.3, -0.25) is 24.4 Å². The number of rotatable bonds is 9. The van der Waals surface area contributed by atoms with E-state index in [1.54, 1.807) is 36.4 Å². The molecule has 2 aromatic carbocycles. The van der Waals surface area contributed by atoms with E-state index in [1.807, 2.05) is 18.2 Å². The molecule has 2 aromatic rings. The van der Waals surface area contributed by atoms with Crippen molar-refractivity contribution < 1.29 is 39.0 Å². The first-order chi connectivity index (χ1) is 15.7. The molecule has 0 saturated heterocycles. The number of hydrogen-bond acceptors (Lipinski definition) is 8. The Bertz CT molecular complexity index is 964. The van der Waals surface area contributed by atoms with Crippen LogP contribution in [0.5, 0.6) is 0 Å². The monoisotopic (exact) mass is 478 g/mol. The second kappa shape index (κ2) is 14.5. The zero-order chi connectivity index (χ0) is 24.8. The largest absolute Gasteiger partial charge is 0.462 e. The van der Waals surface area contributed by atoms with Gasteiger partial charge in [0, 0.05) is 18.7 Å². The van der Waals surface area contributed by atoms with Crippen LogP contribution in [0.2, 0.25) is 0 Å². The van der Waals surface area contributed by atoms with Crippen LogP contribution in [0, 0.1) is 0 Å². The van der Waals surface area contributed by atoms with E-state index >= 15 is 0 Å². The summed E-state index contributed by atoms with van der Waals surface area (Å²) in [6.45, 7) is 0.0559. The molecule has 0 bridgehead atoms. The Morgan fingerprint density at radius 3 is 1.91 bits per heavy atom. The zero-order valence-corrected chi connectivity index (χ0v) is 18.4. The fraction of sp³-hybridized carbons (Fsp3) is 0.227. The molecule has 3 N–H and O–H groups in total. The van der Waals surface area contributed by atoms with Gasteiger partial charge in [0.15, 0.2) is 0 Å². The number of benzene rings is 2. The van der Waals surface area contributed by atoms with E-state index in [0.717, 1.165) is 12.7 Å². The predicted octanol–water partition coefficient (Wildman–Crippen LogP) is 0.796. The molecule has 33 heavy (non-hydrogen) atoms. The number of carbonyl (C=O) groups excluding carboxylic acids is 5. The molecule has 0 unspecified atom stereocenters. The molecule has 0 aromatic heterocycles. The number of hydroxylamine groups is 1. The Balaban J connectivity index is 0.000000675. The lowest BCUT2D eigenvalue weighted by atomic mass is 10.0. The summed E-state index contributed by atoms with van der Waals surface area (Å²) in [6, 6.07) is 15.8. The standard InChI is InChI=1S/C19H20N2O5.C3H3ClO3/c22-11-10-21(16-4-2-1-3-5-16)18(24)13-15-8-6-14(7-9-15)12-17(23)19(25)20-26;1-7-3(6)2(4)5/h1-9,22,26H,10-13H2,(H,20,25);1H3. The number of ether oxygens (including phenoxy) is 1. The number of carbonyl (C=O) groups is 5. The van der Waals surface area contributed by atoms with Crippen LogP contribution in [-0.2, 0) is 41.6 Å². The molecule has 0 fully saturated rings. The quantitative estimate of drug-likeness (QED) is 0.157. The minimum absolute atomic E-state index is 0.138. The fourth-order valence-electron chi connectivity index (χ4n) is 2.56. The third-order valence-electron chi connectivity index (χ3n) is 4.14. The average molecular weight is 479 g/mol. The van der Waals surface area contributed by atoms with Crippen LogP contribution in [0.15, 0.2) is 54.6 Å². The van der Waals surface area contributed by atoms with E-state index in [1.165, 1.54) is 10.4 Å². The third kappa shape index (κ3) is 9.60. The summed E-state index contributed by atoms with van der Waals surface area (Å²) in [7, 11) is 1.09. The van der Waals surface area contributed by atoms with Crippen molar-refractivity contribution >= 4 is 46.1 Å². The number of aliphatic hydroxyl groups excluding tert-OH is 1. The topological polar surface area (TPSA) is 150 Å². The molecule has 2 amide bonds. The van der Waals surface area contributed by atoms with Crippen molar-refractivity contribution in [1.82, 2.24) is 5.48 Å². The minimum Gasteiger partial charge on any atom is -0.462 e. The van der Waals surface area contributed by atoms with Crippen molar-refractivity contribution in [3.8, 4) is 0 Å². The van der Waals surface area contributed by atoms with Crippen LogP contribution < -0.4 is 10.4 Å². The molecular weight excluding hydrogens is 456 g/mol. The van der Waals surface area contributed by atoms with Gasteiger partial charge in [-0.15, -0.1) is 0 Å². The summed E-state index contributed by atoms with van der Waals surface area (Å²) in [4.78, 5) is 56.1. The van der Waals surface area contributed by atoms with Gasteiger partial charge in [0.1, 0.15) is 0 Å². The van der Waals surface area contributed by atoms with Gasteiger partial charge >= 0.3 is 17.1 Å². The number of hydrogen-bond donors (Lipinski definition) is 3. The van der Waals surface area contributed by atoms with E-state index in [0.29, 0.717) is 11.3 Å². The molecule has 0 atom stereocenters. The number of methoxy groups -OCH3 is 1. The lowest BCUT2D eigenvalue weighted by Crippen LogP contribution is -2.34. The van der Waals surface area contributed by atoms with Crippen molar-refractivity contribution in [2.24, 2.45) is 0 Å². The predicted molar refractivity (Wildman–Crippen MR) is 118 cm³/mol. The zero-order valence-electron chi connectivity index (χ0n) is 17.7. The van der Waals surface area contributed by atoms with Crippen LogP contribution in [0.3, 0.4) is 0 Å². The lowest BCUT2D eigenvalue weighted by molar-refractivity contribution is -0.148. The lowest BCUT2D eigenvalue weighted by Gasteiger charge is -2.22. The number of esters is 1. The number of aliphatic hydroxyl groups is 1. The molecule has 176 valence electrons. The molecule has 2 rings (SSSR count). The number of amides is 2. The Labute approximate surface area is 194 Å². The van der Waals surface area contributed by atoms with Crippen LogP contribution >= 0.6 is 11.6 Å². The first-order valence-corrected chi connectivity index (χ1v) is 9.90. The highest BCUT2D eigenvalue weighted by Crippen LogP contribution is 2.15. The number of ketones is 1. The van der Waals surface area contributed by atoms with Crippen molar-refractivity contribution in [3.05, 3.63) is 65.7 Å². The maximum absolute atomic E-state index is 12.6. The Morgan fingerprint density at radius 2 is 1.48 bits per heavy atom. The van der Waals surface area contributed by atoms with Gasteiger partial charge < -0.3 is 14.7 Å². The number of halogens is 1. The molecule has 0 aliphatic heterocycles. The summed E-state index contributed by atoms with van der Waals surface area (Å²) in [5.41, 5.74) is 3.36. The summed E-state index contributed by atoms with van der Waals surface area (Å²) in [5.74, 6) is -3.00. The van der Waals surface area contributed by atoms with Crippen molar-refractivity contribution in [3.63, 3.8) is 0 Å². The van der Waals surface area contributed by atoms with E-state index in [2.05, 4.69) is 16.3 Å². The molecule has 0 spiro atoms. The number of Topliss-reactive ketones (excluding diaryl/α,β-unsaturated/α-hetero) is 1. The van der Waals surface area contributed by atoms with Crippen molar-refractivity contribution in [2.45, 2.75) is 12.8 Å². The SMILES string of the molecule is COC(=O)C(=O)Cl.O=C(Cc1ccc(CC(=O)N(CCO)c2ccccc2)cc1)C(=O)NO. The first-order valence-electron chi connectivity index (χ1n) is 9.52. The van der Waals surface area contributed by atoms with Gasteiger partial charge in [0.25, 0.3) is 0 Å². The molecule has 11 heteroatoms. The number of nitrogens with one attached hydrogen (secondary N) is 1. The fourth-order valence-corrected chi connectivity index (χ4v) is 2.64. The second-order valence-electron chi connectivity index (χ2n) is 6.40. The highest BCUT2D eigenvalue weighted by Gasteiger charge is 2.16. The van der Waals surface area contributed by atoms with E-state index < -0.39 is 22.9 Å². The number of anilines is 1. The van der Waals surface area contributed by atoms with E-state index in [4.69, 9.17) is 5.21 Å². The normalized spacial score (nSPS) is 9.70. The van der Waals surface area contributed by atoms with E-state index in [-0.39, 0.29) is 31.9 Å². The Hall–Kier alpha value is -3.60. The first kappa shape index (κ1) is 27.4. The minimum atomic E-state index is -1.09. The summed E-state index contributed by atoms with van der Waals surface area (Å²) in [5, 5.41) is 16.6. The maximum atomic E-state index is 12.6. The van der Waals surface area contributed by atoms with Gasteiger partial charge in [-0.25, -0.2) is 10.3 Å². The van der Waals surface area contributed by atoms with Crippen molar-refractivity contribution in [2.75, 3.05) is 25.2 Å². The molecule has 0 radical (unpaired) electrons. The number of nitrogens with zero attached hydrogens (tertiary/aromatic N) is 1. The van der Waals surface area contributed by atoms with Crippen LogP contribution in [0.1, 0.15) is 11.1 Å². The molecule has 10 nitrogen and oxygen atoms in total. The van der Waals surface area contributed by atoms with Gasteiger partial charge in [0.05, 0.1) is 20.1 Å². The highest BCUT2D eigenvalue weighted by atomic mass is 35.5. The van der Waals surface area contributed by atoms with Gasteiger partial charge in [-0.1, -0.05) is 42.5 Å². The van der Waals surface area contributed by atoms with E-state index in [9.17, 15) is 29.1 Å². The summed E-state index contributed by atoms with van der Waals surface area (Å²) in [6.07, 6.45) is 0.00151. The molecular formula is C22H23ClN2O8. The van der Waals surface area contributed by atoms with Gasteiger partial charge in [-0.05, 0) is 34.9 Å². The third-order valence-corrected chi connectivity index (χ3v) is 4.29. The molecule has 0 saturated carbocycles. The smallest absolute Gasteiger partial charge is 0.391 e. The maximum Gasteiger partial charge on any atom is 0.391 e. The van der Waals surface area contributed by atoms with Gasteiger partial charge in [-0.2, -0.15) is 0 Å². The van der Waals surface area contributed by atoms with Crippen molar-refractivity contribution in [1.29, 1.82) is 0 Å². The van der Waals surface area contributed by atoms with Crippen LogP contribution in [0.25, 0.3) is 0 Å². The Kier molecular flexibility index (Phi) is 12.0. The number of para-hydroxylation sites is 1. The molecule has 0 heterocycles. The Morgan fingerprint density at radius 1 is 0.939 bits per heavy atom. The summed E-state index contributed by atoms with van der Waals surface area (Å²) < 4.78 is 3.89. The van der Waals surface area contributed by atoms with Crippen LogP contribution in [-0.4, -0.2) is 59.4 Å². The molecule has 0 aliphatic rings. The van der Waals surface area contributed by atoms with Gasteiger partial charge in [0.2, 0.25) is 11.7 Å². The average Bonchev–Trinajstić information content (AvgIpc) is 2.83.